The summed E-state index contributed by atoms with van der Waals surface area (Å²) in [5.74, 6) is 0.165. The van der Waals surface area contributed by atoms with Gasteiger partial charge in [0.15, 0.2) is 5.96 Å². The van der Waals surface area contributed by atoms with Crippen molar-refractivity contribution < 1.29 is 17.7 Å². The van der Waals surface area contributed by atoms with E-state index in [4.69, 9.17) is 4.52 Å². The predicted octanol–water partition coefficient (Wildman–Crippen LogP) is 3.94. The average Bonchev–Trinajstić information content (AvgIpc) is 2.86. The molecule has 1 aliphatic carbocycles. The average molecular weight is 474 g/mol. The molecule has 0 aromatic carbocycles. The molecule has 0 saturated heterocycles. The maximum absolute atomic E-state index is 12.9. The molecule has 5 nitrogen and oxygen atoms in total. The van der Waals surface area contributed by atoms with Crippen molar-refractivity contribution in [2.75, 3.05) is 13.6 Å². The van der Waals surface area contributed by atoms with Crippen molar-refractivity contribution >= 4 is 29.9 Å². The largest absolute Gasteiger partial charge is 0.391 e. The van der Waals surface area contributed by atoms with Gasteiger partial charge in [0.2, 0.25) is 0 Å². The SMILES string of the molecule is CN=C(NCc1c(C)noc1C)NCC1CCCC(C(F)(F)F)C1.I. The van der Waals surface area contributed by atoms with Gasteiger partial charge in [0.1, 0.15) is 5.76 Å². The number of aryl methyl sites for hydroxylation is 2. The molecule has 2 rings (SSSR count). The summed E-state index contributed by atoms with van der Waals surface area (Å²) in [7, 11) is 1.64. The maximum Gasteiger partial charge on any atom is 0.391 e. The highest BCUT2D eigenvalue weighted by atomic mass is 127. The number of halogens is 4. The van der Waals surface area contributed by atoms with Crippen molar-refractivity contribution in [3.63, 3.8) is 0 Å². The van der Waals surface area contributed by atoms with Crippen LogP contribution < -0.4 is 10.6 Å². The number of hydrogen-bond acceptors (Lipinski definition) is 3. The molecule has 0 radical (unpaired) electrons. The molecular formula is C16H26F3IN4O. The quantitative estimate of drug-likeness (QED) is 0.395. The van der Waals surface area contributed by atoms with Crippen LogP contribution >= 0.6 is 24.0 Å². The Kier molecular flexibility index (Phi) is 8.49. The highest BCUT2D eigenvalue weighted by Crippen LogP contribution is 2.39. The van der Waals surface area contributed by atoms with Crippen LogP contribution in [0.2, 0.25) is 0 Å². The highest BCUT2D eigenvalue weighted by molar-refractivity contribution is 14.0. The number of nitrogens with zero attached hydrogens (tertiary/aromatic N) is 2. The predicted molar refractivity (Wildman–Crippen MR) is 101 cm³/mol. The summed E-state index contributed by atoms with van der Waals surface area (Å²) in [4.78, 5) is 4.12. The first-order chi connectivity index (χ1) is 11.3. The summed E-state index contributed by atoms with van der Waals surface area (Å²) in [5, 5.41) is 10.2. The van der Waals surface area contributed by atoms with Crippen molar-refractivity contribution in [1.82, 2.24) is 15.8 Å². The fourth-order valence-electron chi connectivity index (χ4n) is 3.16. The van der Waals surface area contributed by atoms with E-state index in [0.717, 1.165) is 23.4 Å². The number of guanidine groups is 1. The van der Waals surface area contributed by atoms with E-state index in [1.54, 1.807) is 7.05 Å². The van der Waals surface area contributed by atoms with Gasteiger partial charge in [-0.25, -0.2) is 0 Å². The fourth-order valence-corrected chi connectivity index (χ4v) is 3.16. The highest BCUT2D eigenvalue weighted by Gasteiger charge is 2.41. The molecule has 0 amide bonds. The third kappa shape index (κ3) is 6.34. The van der Waals surface area contributed by atoms with Crippen LogP contribution in [0.15, 0.2) is 9.52 Å². The minimum atomic E-state index is -4.08. The van der Waals surface area contributed by atoms with Crippen LogP contribution in [-0.4, -0.2) is 30.9 Å². The summed E-state index contributed by atoms with van der Waals surface area (Å²) in [6.45, 7) is 4.71. The van der Waals surface area contributed by atoms with Gasteiger partial charge in [0, 0.05) is 25.7 Å². The maximum atomic E-state index is 12.9. The Hall–Kier alpha value is -1.00. The van der Waals surface area contributed by atoms with Crippen LogP contribution in [0.1, 0.15) is 42.7 Å². The molecule has 2 atom stereocenters. The van der Waals surface area contributed by atoms with Gasteiger partial charge >= 0.3 is 6.18 Å². The van der Waals surface area contributed by atoms with Gasteiger partial charge in [0.25, 0.3) is 0 Å². The monoisotopic (exact) mass is 474 g/mol. The second-order valence-corrected chi connectivity index (χ2v) is 6.38. The van der Waals surface area contributed by atoms with Gasteiger partial charge < -0.3 is 15.2 Å². The molecule has 9 heteroatoms. The van der Waals surface area contributed by atoms with Gasteiger partial charge in [-0.05, 0) is 39.0 Å². The van der Waals surface area contributed by atoms with Gasteiger partial charge in [-0.15, -0.1) is 24.0 Å². The first-order valence-corrected chi connectivity index (χ1v) is 8.24. The Labute approximate surface area is 163 Å². The molecule has 0 bridgehead atoms. The number of rotatable bonds is 4. The van der Waals surface area contributed by atoms with Gasteiger partial charge in [-0.3, -0.25) is 4.99 Å². The van der Waals surface area contributed by atoms with Crippen molar-refractivity contribution in [2.45, 2.75) is 52.3 Å². The fraction of sp³-hybridized carbons (Fsp3) is 0.750. The molecule has 25 heavy (non-hydrogen) atoms. The van der Waals surface area contributed by atoms with Crippen LogP contribution in [0.3, 0.4) is 0 Å². The van der Waals surface area contributed by atoms with E-state index in [-0.39, 0.29) is 42.7 Å². The second-order valence-electron chi connectivity index (χ2n) is 6.38. The standard InChI is InChI=1S/C16H25F3N4O.HI/c1-10-14(11(2)24-23-10)9-22-15(20-3)21-8-12-5-4-6-13(7-12)16(17,18)19;/h12-13H,4-9H2,1-3H3,(H2,20,21,22);1H. The lowest BCUT2D eigenvalue weighted by atomic mass is 9.81. The normalized spacial score (nSPS) is 21.6. The number of nitrogens with one attached hydrogen (secondary N) is 2. The molecule has 2 N–H and O–H groups in total. The van der Waals surface area contributed by atoms with Crippen LogP contribution in [-0.2, 0) is 6.54 Å². The molecule has 1 aromatic rings. The molecule has 144 valence electrons. The van der Waals surface area contributed by atoms with E-state index in [0.29, 0.717) is 25.5 Å². The van der Waals surface area contributed by atoms with Gasteiger partial charge in [0.05, 0.1) is 11.6 Å². The minimum absolute atomic E-state index is 0. The Morgan fingerprint density at radius 2 is 2.00 bits per heavy atom. The van der Waals surface area contributed by atoms with Gasteiger partial charge in [-0.1, -0.05) is 11.6 Å². The van der Waals surface area contributed by atoms with E-state index in [1.165, 1.54) is 0 Å². The Balaban J connectivity index is 0.00000312. The first kappa shape index (κ1) is 22.0. The molecule has 1 aliphatic rings. The summed E-state index contributed by atoms with van der Waals surface area (Å²) in [5.41, 5.74) is 1.78. The number of hydrogen-bond donors (Lipinski definition) is 2. The number of alkyl halides is 3. The van der Waals surface area contributed by atoms with Crippen LogP contribution in [0, 0.1) is 25.7 Å². The summed E-state index contributed by atoms with van der Waals surface area (Å²) < 4.78 is 43.7. The molecule has 0 aliphatic heterocycles. The number of aliphatic imine (C=N–C) groups is 1. The second kappa shape index (κ2) is 9.63. The van der Waals surface area contributed by atoms with Crippen molar-refractivity contribution in [1.29, 1.82) is 0 Å². The lowest BCUT2D eigenvalue weighted by Gasteiger charge is -2.30. The third-order valence-corrected chi connectivity index (χ3v) is 4.64. The van der Waals surface area contributed by atoms with E-state index >= 15 is 0 Å². The molecule has 2 unspecified atom stereocenters. The van der Waals surface area contributed by atoms with Crippen molar-refractivity contribution in [3.8, 4) is 0 Å². The summed E-state index contributed by atoms with van der Waals surface area (Å²) in [6, 6.07) is 0. The number of aromatic nitrogens is 1. The smallest absolute Gasteiger partial charge is 0.361 e. The lowest BCUT2D eigenvalue weighted by molar-refractivity contribution is -0.185. The van der Waals surface area contributed by atoms with E-state index in [9.17, 15) is 13.2 Å². The van der Waals surface area contributed by atoms with Crippen LogP contribution in [0.5, 0.6) is 0 Å². The lowest BCUT2D eigenvalue weighted by Crippen LogP contribution is -2.41. The summed E-state index contributed by atoms with van der Waals surface area (Å²) in [6.07, 6.45) is -2.19. The molecule has 1 aromatic heterocycles. The van der Waals surface area contributed by atoms with Crippen molar-refractivity contribution in [2.24, 2.45) is 16.8 Å². The zero-order chi connectivity index (χ0) is 17.7. The molecular weight excluding hydrogens is 448 g/mol. The van der Waals surface area contributed by atoms with Crippen molar-refractivity contribution in [3.05, 3.63) is 17.0 Å². The first-order valence-electron chi connectivity index (χ1n) is 8.24. The Bertz CT molecular complexity index is 555. The molecule has 0 spiro atoms. The molecule has 1 fully saturated rings. The van der Waals surface area contributed by atoms with Gasteiger partial charge in [-0.2, -0.15) is 13.2 Å². The Morgan fingerprint density at radius 3 is 2.56 bits per heavy atom. The summed E-state index contributed by atoms with van der Waals surface area (Å²) >= 11 is 0. The zero-order valence-electron chi connectivity index (χ0n) is 14.7. The van der Waals surface area contributed by atoms with E-state index < -0.39 is 12.1 Å². The topological polar surface area (TPSA) is 62.5 Å². The van der Waals surface area contributed by atoms with E-state index in [1.807, 2.05) is 13.8 Å². The third-order valence-electron chi connectivity index (χ3n) is 4.64. The van der Waals surface area contributed by atoms with E-state index in [2.05, 4.69) is 20.8 Å². The minimum Gasteiger partial charge on any atom is -0.361 e. The Morgan fingerprint density at radius 1 is 1.28 bits per heavy atom. The molecule has 1 heterocycles. The van der Waals surface area contributed by atoms with Crippen LogP contribution in [0.4, 0.5) is 13.2 Å². The van der Waals surface area contributed by atoms with Crippen LogP contribution in [0.25, 0.3) is 0 Å². The molecule has 1 saturated carbocycles. The zero-order valence-corrected chi connectivity index (χ0v) is 17.1.